The fourth-order valence-electron chi connectivity index (χ4n) is 5.74. The number of carbonyl (C=O) groups is 1. The van der Waals surface area contributed by atoms with Gasteiger partial charge in [-0.1, -0.05) is 48.5 Å². The van der Waals surface area contributed by atoms with E-state index < -0.39 is 0 Å². The van der Waals surface area contributed by atoms with Crippen LogP contribution < -0.4 is 4.90 Å². The Bertz CT molecular complexity index is 1130. The van der Waals surface area contributed by atoms with Gasteiger partial charge in [0.05, 0.1) is 24.5 Å². The molecular formula is C29H41N5O4. The highest BCUT2D eigenvalue weighted by molar-refractivity contribution is 5.93. The standard InChI is InChI=1S/C29H41N5O4/c1-20(2)26-30-28(38-32-26)33-15-10-21(11-16-33)19-37-29(3)13-8-23(9-14-29)22-4-6-24(7-5-22)27(35)34-17-12-25(18-34)31-36/h4,8-9,13,20-21,24,36H,5-7,10-12,14-19H2,1-3H3/b31-25-. The van der Waals surface area contributed by atoms with E-state index in [0.717, 1.165) is 64.0 Å². The van der Waals surface area contributed by atoms with Crippen LogP contribution in [0.2, 0.25) is 0 Å². The van der Waals surface area contributed by atoms with Crippen molar-refractivity contribution >= 4 is 17.6 Å². The van der Waals surface area contributed by atoms with Crippen LogP contribution in [-0.2, 0) is 9.53 Å². The van der Waals surface area contributed by atoms with Crippen LogP contribution in [0.3, 0.4) is 0 Å². The van der Waals surface area contributed by atoms with Crippen molar-refractivity contribution in [1.82, 2.24) is 15.0 Å². The Labute approximate surface area is 225 Å². The maximum atomic E-state index is 12.8. The summed E-state index contributed by atoms with van der Waals surface area (Å²) in [5.41, 5.74) is 3.01. The first kappa shape index (κ1) is 26.7. The van der Waals surface area contributed by atoms with E-state index in [9.17, 15) is 4.79 Å². The normalized spacial score (nSPS) is 27.8. The van der Waals surface area contributed by atoms with E-state index in [4.69, 9.17) is 14.5 Å². The van der Waals surface area contributed by atoms with Crippen LogP contribution in [0, 0.1) is 11.8 Å². The molecule has 1 aromatic rings. The number of likely N-dealkylation sites (tertiary alicyclic amines) is 1. The van der Waals surface area contributed by atoms with Crippen LogP contribution in [0.4, 0.5) is 6.01 Å². The van der Waals surface area contributed by atoms with Gasteiger partial charge in [0.1, 0.15) is 0 Å². The first-order valence-electron chi connectivity index (χ1n) is 14.1. The lowest BCUT2D eigenvalue weighted by Gasteiger charge is -2.34. The van der Waals surface area contributed by atoms with Crippen molar-refractivity contribution in [3.05, 3.63) is 41.3 Å². The van der Waals surface area contributed by atoms with E-state index in [1.54, 1.807) is 0 Å². The van der Waals surface area contributed by atoms with E-state index in [1.807, 2.05) is 4.90 Å². The number of ether oxygens (including phenoxy) is 1. The van der Waals surface area contributed by atoms with Gasteiger partial charge in [0.25, 0.3) is 0 Å². The van der Waals surface area contributed by atoms with Crippen molar-refractivity contribution in [2.75, 3.05) is 37.7 Å². The minimum Gasteiger partial charge on any atom is -0.411 e. The van der Waals surface area contributed by atoms with Gasteiger partial charge in [-0.25, -0.2) is 0 Å². The number of carbonyl (C=O) groups excluding carboxylic acids is 1. The van der Waals surface area contributed by atoms with Gasteiger partial charge < -0.3 is 24.3 Å². The molecule has 0 radical (unpaired) electrons. The van der Waals surface area contributed by atoms with Crippen molar-refractivity contribution in [3.8, 4) is 0 Å². The second-order valence-corrected chi connectivity index (χ2v) is 11.7. The SMILES string of the molecule is CC(C)c1noc(N2CCC(COC3(C)C=CC(C4=CCC(C(=O)N5CC/C(=N/O)C5)CC4)=CC3)CC2)n1. The molecule has 5 rings (SSSR count). The van der Waals surface area contributed by atoms with Crippen molar-refractivity contribution < 1.29 is 19.3 Å². The summed E-state index contributed by atoms with van der Waals surface area (Å²) < 4.78 is 11.9. The van der Waals surface area contributed by atoms with E-state index in [2.05, 4.69) is 65.3 Å². The first-order valence-corrected chi connectivity index (χ1v) is 14.1. The molecule has 0 bridgehead atoms. The number of hydrogen-bond donors (Lipinski definition) is 1. The van der Waals surface area contributed by atoms with Crippen molar-refractivity contribution in [2.45, 2.75) is 77.2 Å². The van der Waals surface area contributed by atoms with Crippen LogP contribution in [0.25, 0.3) is 0 Å². The van der Waals surface area contributed by atoms with Crippen molar-refractivity contribution in [1.29, 1.82) is 0 Å². The Kier molecular flexibility index (Phi) is 8.02. The highest BCUT2D eigenvalue weighted by Gasteiger charge is 2.32. The van der Waals surface area contributed by atoms with Gasteiger partial charge in [0, 0.05) is 37.9 Å². The molecule has 0 saturated carbocycles. The molecule has 2 saturated heterocycles. The minimum absolute atomic E-state index is 0.0297. The Balaban J connectivity index is 1.06. The van der Waals surface area contributed by atoms with Crippen LogP contribution in [-0.4, -0.2) is 70.3 Å². The quantitative estimate of drug-likeness (QED) is 0.402. The zero-order chi connectivity index (χ0) is 26.7. The number of amides is 1. The second-order valence-electron chi connectivity index (χ2n) is 11.7. The zero-order valence-electron chi connectivity index (χ0n) is 22.9. The molecule has 1 aromatic heterocycles. The maximum Gasteiger partial charge on any atom is 0.324 e. The predicted octanol–water partition coefficient (Wildman–Crippen LogP) is 4.86. The van der Waals surface area contributed by atoms with Gasteiger partial charge in [0.2, 0.25) is 5.91 Å². The van der Waals surface area contributed by atoms with Gasteiger partial charge in [-0.3, -0.25) is 4.79 Å². The number of oxime groups is 1. The Hall–Kier alpha value is -2.94. The summed E-state index contributed by atoms with van der Waals surface area (Å²) >= 11 is 0. The highest BCUT2D eigenvalue weighted by atomic mass is 16.5. The molecule has 9 heteroatoms. The largest absolute Gasteiger partial charge is 0.411 e. The lowest BCUT2D eigenvalue weighted by Crippen LogP contribution is -2.37. The van der Waals surface area contributed by atoms with Gasteiger partial charge in [-0.2, -0.15) is 4.98 Å². The molecule has 1 amide bonds. The van der Waals surface area contributed by atoms with Crippen LogP contribution in [0.1, 0.15) is 77.5 Å². The highest BCUT2D eigenvalue weighted by Crippen LogP contribution is 2.35. The molecule has 206 valence electrons. The van der Waals surface area contributed by atoms with Crippen LogP contribution in [0.15, 0.2) is 45.1 Å². The summed E-state index contributed by atoms with van der Waals surface area (Å²) in [5, 5.41) is 16.3. The molecule has 0 aromatic carbocycles. The number of piperidine rings is 1. The molecule has 9 nitrogen and oxygen atoms in total. The minimum atomic E-state index is -0.283. The van der Waals surface area contributed by atoms with Gasteiger partial charge in [-0.15, -0.1) is 0 Å². The van der Waals surface area contributed by atoms with E-state index in [1.165, 1.54) is 11.1 Å². The number of allylic oxidation sites excluding steroid dienone is 4. The Morgan fingerprint density at radius 2 is 2.05 bits per heavy atom. The number of anilines is 1. The summed E-state index contributed by atoms with van der Waals surface area (Å²) in [5.74, 6) is 1.78. The van der Waals surface area contributed by atoms with Crippen LogP contribution in [0.5, 0.6) is 0 Å². The number of rotatable bonds is 7. The molecule has 1 N–H and O–H groups in total. The van der Waals surface area contributed by atoms with Gasteiger partial charge >= 0.3 is 6.01 Å². The summed E-state index contributed by atoms with van der Waals surface area (Å²) in [6.07, 6.45) is 15.1. The molecule has 2 atom stereocenters. The summed E-state index contributed by atoms with van der Waals surface area (Å²) in [7, 11) is 0. The number of hydrogen-bond acceptors (Lipinski definition) is 8. The topological polar surface area (TPSA) is 104 Å². The lowest BCUT2D eigenvalue weighted by atomic mass is 9.82. The summed E-state index contributed by atoms with van der Waals surface area (Å²) in [6, 6.07) is 0.641. The number of aromatic nitrogens is 2. The lowest BCUT2D eigenvalue weighted by molar-refractivity contribution is -0.134. The summed E-state index contributed by atoms with van der Waals surface area (Å²) in [4.78, 5) is 21.4. The molecule has 4 aliphatic rings. The van der Waals surface area contributed by atoms with E-state index in [-0.39, 0.29) is 23.3 Å². The van der Waals surface area contributed by atoms with Gasteiger partial charge in [-0.05, 0) is 62.5 Å². The molecule has 2 fully saturated rings. The molecule has 38 heavy (non-hydrogen) atoms. The Morgan fingerprint density at radius 1 is 1.24 bits per heavy atom. The molecule has 2 aliphatic heterocycles. The van der Waals surface area contributed by atoms with Crippen molar-refractivity contribution in [2.24, 2.45) is 17.0 Å². The fraction of sp³-hybridized carbons (Fsp3) is 0.655. The number of nitrogens with zero attached hydrogens (tertiary/aromatic N) is 5. The third-order valence-corrected chi connectivity index (χ3v) is 8.45. The molecule has 3 heterocycles. The zero-order valence-corrected chi connectivity index (χ0v) is 22.9. The molecular weight excluding hydrogens is 482 g/mol. The third-order valence-electron chi connectivity index (χ3n) is 8.45. The smallest absolute Gasteiger partial charge is 0.324 e. The third kappa shape index (κ3) is 6.03. The fourth-order valence-corrected chi connectivity index (χ4v) is 5.74. The monoisotopic (exact) mass is 523 g/mol. The second kappa shape index (κ2) is 11.4. The van der Waals surface area contributed by atoms with E-state index >= 15 is 0 Å². The maximum absolute atomic E-state index is 12.8. The first-order chi connectivity index (χ1) is 18.3. The molecule has 0 spiro atoms. The average molecular weight is 524 g/mol. The van der Waals surface area contributed by atoms with Crippen molar-refractivity contribution in [3.63, 3.8) is 0 Å². The Morgan fingerprint density at radius 3 is 2.66 bits per heavy atom. The summed E-state index contributed by atoms with van der Waals surface area (Å²) in [6.45, 7) is 10.0. The van der Waals surface area contributed by atoms with Gasteiger partial charge in [0.15, 0.2) is 5.82 Å². The van der Waals surface area contributed by atoms with E-state index in [0.29, 0.717) is 37.2 Å². The predicted molar refractivity (Wildman–Crippen MR) is 145 cm³/mol. The average Bonchev–Trinajstić information content (AvgIpc) is 3.63. The molecule has 2 aliphatic carbocycles. The van der Waals surface area contributed by atoms with Crippen LogP contribution >= 0.6 is 0 Å². The molecule has 2 unspecified atom stereocenters.